The number of terminal acetylenes is 1. The van der Waals surface area contributed by atoms with Gasteiger partial charge in [-0.3, -0.25) is 0 Å². The lowest BCUT2D eigenvalue weighted by molar-refractivity contribution is 0.691. The van der Waals surface area contributed by atoms with Gasteiger partial charge >= 0.3 is 0 Å². The zero-order chi connectivity index (χ0) is 14.9. The van der Waals surface area contributed by atoms with Crippen LogP contribution in [0.25, 0.3) is 11.3 Å². The highest BCUT2D eigenvalue weighted by Crippen LogP contribution is 2.31. The molecule has 1 aromatic heterocycles. The Bertz CT molecular complexity index is 672. The van der Waals surface area contributed by atoms with E-state index in [4.69, 9.17) is 17.1 Å². The summed E-state index contributed by atoms with van der Waals surface area (Å²) in [5.41, 5.74) is 10.6. The third-order valence-corrected chi connectivity index (χ3v) is 3.44. The first-order chi connectivity index (χ1) is 9.45. The van der Waals surface area contributed by atoms with Gasteiger partial charge < -0.3 is 10.3 Å². The van der Waals surface area contributed by atoms with Gasteiger partial charge in [0.15, 0.2) is 0 Å². The lowest BCUT2D eigenvalue weighted by Gasteiger charge is -2.08. The fourth-order valence-corrected chi connectivity index (χ4v) is 2.46. The number of hydrogen-bond donors (Lipinski definition) is 1. The van der Waals surface area contributed by atoms with Crippen LogP contribution in [0, 0.1) is 26.2 Å². The molecule has 2 rings (SSSR count). The number of nitrogen functional groups attached to an aromatic ring is 1. The highest BCUT2D eigenvalue weighted by atomic mass is 15.1. The van der Waals surface area contributed by atoms with E-state index in [2.05, 4.69) is 51.8 Å². The summed E-state index contributed by atoms with van der Waals surface area (Å²) in [7, 11) is 0. The smallest absolute Gasteiger partial charge is 0.132 e. The van der Waals surface area contributed by atoms with Crippen LogP contribution in [0.5, 0.6) is 0 Å². The molecule has 0 aliphatic heterocycles. The maximum absolute atomic E-state index is 6.27. The second-order valence-electron chi connectivity index (χ2n) is 5.47. The molecule has 3 nitrogen and oxygen atoms in total. The summed E-state index contributed by atoms with van der Waals surface area (Å²) in [6.45, 7) is 8.81. The Labute approximate surface area is 120 Å². The Balaban J connectivity index is 2.63. The normalized spacial score (nSPS) is 10.8. The highest BCUT2D eigenvalue weighted by Gasteiger charge is 2.18. The fraction of sp³-hybridized carbons (Fsp3) is 0.353. The van der Waals surface area contributed by atoms with Crippen molar-refractivity contribution in [2.24, 2.45) is 0 Å². The summed E-state index contributed by atoms with van der Waals surface area (Å²) in [5, 5.41) is 0. The van der Waals surface area contributed by atoms with Crippen molar-refractivity contribution in [2.45, 2.75) is 40.2 Å². The molecule has 104 valence electrons. The van der Waals surface area contributed by atoms with Gasteiger partial charge in [0.25, 0.3) is 0 Å². The third-order valence-electron chi connectivity index (χ3n) is 3.44. The molecule has 3 heteroatoms. The number of nitrogens with zero attached hydrogens (tertiary/aromatic N) is 2. The molecule has 1 aromatic carbocycles. The Kier molecular flexibility index (Phi) is 3.85. The maximum atomic E-state index is 6.27. The number of benzene rings is 1. The molecule has 0 bridgehead atoms. The predicted octanol–water partition coefficient (Wildman–Crippen LogP) is 3.51. The van der Waals surface area contributed by atoms with Crippen LogP contribution in [-0.4, -0.2) is 9.55 Å². The van der Waals surface area contributed by atoms with E-state index in [9.17, 15) is 0 Å². The van der Waals surface area contributed by atoms with Crippen LogP contribution in [0.2, 0.25) is 0 Å². The molecule has 0 saturated carbocycles. The highest BCUT2D eigenvalue weighted by molar-refractivity contribution is 5.74. The molecule has 0 saturated heterocycles. The fourth-order valence-electron chi connectivity index (χ4n) is 2.46. The molecule has 0 fully saturated rings. The van der Waals surface area contributed by atoms with E-state index in [0.29, 0.717) is 12.4 Å². The molecule has 2 aromatic rings. The number of imidazole rings is 1. The monoisotopic (exact) mass is 267 g/mol. The van der Waals surface area contributed by atoms with Crippen molar-refractivity contribution < 1.29 is 0 Å². The van der Waals surface area contributed by atoms with Crippen LogP contribution < -0.4 is 5.73 Å². The molecule has 0 spiro atoms. The molecule has 2 N–H and O–H groups in total. The summed E-state index contributed by atoms with van der Waals surface area (Å²) in [4.78, 5) is 4.73. The van der Waals surface area contributed by atoms with Crippen molar-refractivity contribution in [1.29, 1.82) is 0 Å². The molecule has 1 heterocycles. The Hall–Kier alpha value is -2.21. The van der Waals surface area contributed by atoms with Gasteiger partial charge in [-0.15, -0.1) is 6.42 Å². The lowest BCUT2D eigenvalue weighted by atomic mass is 10.0. The minimum absolute atomic E-state index is 0.283. The van der Waals surface area contributed by atoms with Crippen molar-refractivity contribution in [3.8, 4) is 23.6 Å². The Morgan fingerprint density at radius 2 is 2.05 bits per heavy atom. The van der Waals surface area contributed by atoms with Gasteiger partial charge in [0.2, 0.25) is 0 Å². The molecule has 0 aliphatic carbocycles. The van der Waals surface area contributed by atoms with Crippen LogP contribution in [-0.2, 0) is 6.54 Å². The standard InChI is InChI=1S/C17H21N3/c1-6-9-20-16(18)15(19-17(20)11(2)3)14-8-7-12(4)10-13(14)5/h1,7-8,10-11H,9,18H2,2-5H3. The number of rotatable bonds is 3. The van der Waals surface area contributed by atoms with E-state index < -0.39 is 0 Å². The Morgan fingerprint density at radius 3 is 2.60 bits per heavy atom. The molecule has 0 radical (unpaired) electrons. The van der Waals surface area contributed by atoms with Crippen LogP contribution in [0.4, 0.5) is 5.82 Å². The molecule has 0 atom stereocenters. The van der Waals surface area contributed by atoms with Crippen LogP contribution in [0.1, 0.15) is 36.7 Å². The average molecular weight is 267 g/mol. The van der Waals surface area contributed by atoms with Gasteiger partial charge in [-0.1, -0.05) is 43.5 Å². The number of hydrogen-bond acceptors (Lipinski definition) is 2. The Morgan fingerprint density at radius 1 is 1.35 bits per heavy atom. The molecule has 20 heavy (non-hydrogen) atoms. The summed E-state index contributed by atoms with van der Waals surface area (Å²) >= 11 is 0. The van der Waals surface area contributed by atoms with Crippen molar-refractivity contribution in [3.63, 3.8) is 0 Å². The average Bonchev–Trinajstić information content (AvgIpc) is 2.68. The first kappa shape index (κ1) is 14.2. The van der Waals surface area contributed by atoms with Gasteiger partial charge in [-0.05, 0) is 19.4 Å². The van der Waals surface area contributed by atoms with E-state index in [1.165, 1.54) is 11.1 Å². The minimum Gasteiger partial charge on any atom is -0.383 e. The zero-order valence-electron chi connectivity index (χ0n) is 12.6. The topological polar surface area (TPSA) is 43.8 Å². The summed E-state index contributed by atoms with van der Waals surface area (Å²) in [6.07, 6.45) is 5.44. The van der Waals surface area contributed by atoms with Gasteiger partial charge in [0.1, 0.15) is 17.3 Å². The van der Waals surface area contributed by atoms with Gasteiger partial charge in [0.05, 0.1) is 6.54 Å². The van der Waals surface area contributed by atoms with Crippen molar-refractivity contribution in [2.75, 3.05) is 5.73 Å². The zero-order valence-corrected chi connectivity index (χ0v) is 12.6. The van der Waals surface area contributed by atoms with E-state index >= 15 is 0 Å². The SMILES string of the molecule is C#CCn1c(C(C)C)nc(-c2ccc(C)cc2C)c1N. The maximum Gasteiger partial charge on any atom is 0.132 e. The van der Waals surface area contributed by atoms with Crippen molar-refractivity contribution >= 4 is 5.82 Å². The lowest BCUT2D eigenvalue weighted by Crippen LogP contribution is -2.07. The summed E-state index contributed by atoms with van der Waals surface area (Å²) in [5.74, 6) is 4.53. The summed E-state index contributed by atoms with van der Waals surface area (Å²) in [6, 6.07) is 6.30. The van der Waals surface area contributed by atoms with Gasteiger partial charge in [-0.25, -0.2) is 4.98 Å². The van der Waals surface area contributed by atoms with E-state index in [1.807, 2.05) is 4.57 Å². The molecule has 0 aliphatic rings. The number of anilines is 1. The van der Waals surface area contributed by atoms with Crippen LogP contribution >= 0.6 is 0 Å². The number of nitrogens with two attached hydrogens (primary N) is 1. The second-order valence-corrected chi connectivity index (χ2v) is 5.47. The minimum atomic E-state index is 0.283. The van der Waals surface area contributed by atoms with Crippen molar-refractivity contribution in [3.05, 3.63) is 35.2 Å². The van der Waals surface area contributed by atoms with Crippen LogP contribution in [0.3, 0.4) is 0 Å². The molecular formula is C17H21N3. The van der Waals surface area contributed by atoms with Crippen LogP contribution in [0.15, 0.2) is 18.2 Å². The largest absolute Gasteiger partial charge is 0.383 e. The second kappa shape index (κ2) is 5.42. The van der Waals surface area contributed by atoms with E-state index in [-0.39, 0.29) is 5.92 Å². The quantitative estimate of drug-likeness (QED) is 0.865. The van der Waals surface area contributed by atoms with E-state index in [1.54, 1.807) is 0 Å². The summed E-state index contributed by atoms with van der Waals surface area (Å²) < 4.78 is 1.93. The molecule has 0 unspecified atom stereocenters. The first-order valence-corrected chi connectivity index (χ1v) is 6.82. The molecule has 0 amide bonds. The van der Waals surface area contributed by atoms with Gasteiger partial charge in [0, 0.05) is 11.5 Å². The molecular weight excluding hydrogens is 246 g/mol. The van der Waals surface area contributed by atoms with Gasteiger partial charge in [-0.2, -0.15) is 0 Å². The van der Waals surface area contributed by atoms with Crippen molar-refractivity contribution in [1.82, 2.24) is 9.55 Å². The van der Waals surface area contributed by atoms with E-state index in [0.717, 1.165) is 17.1 Å². The predicted molar refractivity (Wildman–Crippen MR) is 84.5 cm³/mol. The number of aromatic nitrogens is 2. The first-order valence-electron chi connectivity index (χ1n) is 6.82. The third kappa shape index (κ3) is 2.42. The number of aryl methyl sites for hydroxylation is 2.